The molecule has 0 aliphatic rings. The van der Waals surface area contributed by atoms with Gasteiger partial charge in [0.2, 0.25) is 10.0 Å². The average molecular weight is 354 g/mol. The number of halogens is 1. The SMILES string of the molecule is CN(CCOc1ccc(F)cc1)S(=O)(=O)c1ccc([N+](=O)[O-])cc1. The summed E-state index contributed by atoms with van der Waals surface area (Å²) in [5, 5.41) is 10.6. The highest BCUT2D eigenvalue weighted by molar-refractivity contribution is 7.89. The summed E-state index contributed by atoms with van der Waals surface area (Å²) in [5.74, 6) is 0.0396. The minimum absolute atomic E-state index is 0.0441. The zero-order valence-corrected chi connectivity index (χ0v) is 13.6. The van der Waals surface area contributed by atoms with Crippen LogP contribution in [0.3, 0.4) is 0 Å². The van der Waals surface area contributed by atoms with Gasteiger partial charge in [0.1, 0.15) is 18.2 Å². The maximum atomic E-state index is 12.8. The number of rotatable bonds is 7. The van der Waals surface area contributed by atoms with Gasteiger partial charge in [0.25, 0.3) is 5.69 Å². The molecule has 128 valence electrons. The van der Waals surface area contributed by atoms with E-state index in [1.54, 1.807) is 0 Å². The molecule has 0 saturated heterocycles. The molecule has 2 aromatic rings. The van der Waals surface area contributed by atoms with E-state index in [1.807, 2.05) is 0 Å². The van der Waals surface area contributed by atoms with Crippen molar-refractivity contribution in [3.05, 3.63) is 64.5 Å². The van der Waals surface area contributed by atoms with E-state index in [0.29, 0.717) is 5.75 Å². The van der Waals surface area contributed by atoms with Crippen LogP contribution in [0.1, 0.15) is 0 Å². The average Bonchev–Trinajstić information content (AvgIpc) is 2.56. The summed E-state index contributed by atoms with van der Waals surface area (Å²) in [6.45, 7) is 0.144. The fourth-order valence-electron chi connectivity index (χ4n) is 1.86. The number of sulfonamides is 1. The molecule has 0 spiro atoms. The first kappa shape index (κ1) is 17.8. The molecule has 0 N–H and O–H groups in total. The van der Waals surface area contributed by atoms with Gasteiger partial charge in [-0.15, -0.1) is 0 Å². The number of nitro groups is 1. The maximum absolute atomic E-state index is 12.8. The fourth-order valence-corrected chi connectivity index (χ4v) is 3.02. The molecule has 2 rings (SSSR count). The van der Waals surface area contributed by atoms with E-state index in [4.69, 9.17) is 4.74 Å². The Hall–Kier alpha value is -2.52. The van der Waals surface area contributed by atoms with Crippen molar-refractivity contribution in [1.29, 1.82) is 0 Å². The Morgan fingerprint density at radius 1 is 1.12 bits per heavy atom. The molecule has 0 heterocycles. The van der Waals surface area contributed by atoms with Gasteiger partial charge in [-0.05, 0) is 36.4 Å². The summed E-state index contributed by atoms with van der Waals surface area (Å²) in [6, 6.07) is 10.0. The van der Waals surface area contributed by atoms with Crippen molar-refractivity contribution in [1.82, 2.24) is 4.31 Å². The molecule has 0 radical (unpaired) electrons. The number of ether oxygens (including phenoxy) is 1. The first-order chi connectivity index (χ1) is 11.3. The van der Waals surface area contributed by atoms with Crippen LogP contribution in [0.15, 0.2) is 53.4 Å². The van der Waals surface area contributed by atoms with Gasteiger partial charge >= 0.3 is 0 Å². The third-order valence-corrected chi connectivity index (χ3v) is 5.12. The summed E-state index contributed by atoms with van der Waals surface area (Å²) >= 11 is 0. The molecule has 0 amide bonds. The smallest absolute Gasteiger partial charge is 0.269 e. The van der Waals surface area contributed by atoms with Crippen LogP contribution in [0.2, 0.25) is 0 Å². The molecule has 0 fully saturated rings. The molecule has 0 aliphatic carbocycles. The third-order valence-electron chi connectivity index (χ3n) is 3.24. The highest BCUT2D eigenvalue weighted by Crippen LogP contribution is 2.19. The topological polar surface area (TPSA) is 89.8 Å². The predicted molar refractivity (Wildman–Crippen MR) is 84.8 cm³/mol. The molecule has 0 aromatic heterocycles. The Morgan fingerprint density at radius 2 is 1.71 bits per heavy atom. The Labute approximate surface area is 138 Å². The van der Waals surface area contributed by atoms with Gasteiger partial charge in [-0.3, -0.25) is 10.1 Å². The minimum Gasteiger partial charge on any atom is -0.492 e. The number of likely N-dealkylation sites (N-methyl/N-ethyl adjacent to an activating group) is 1. The van der Waals surface area contributed by atoms with Crippen LogP contribution in [-0.4, -0.2) is 37.8 Å². The van der Waals surface area contributed by atoms with E-state index in [0.717, 1.165) is 16.4 Å². The molecule has 0 aliphatic heterocycles. The second-order valence-electron chi connectivity index (χ2n) is 4.88. The van der Waals surface area contributed by atoms with Gasteiger partial charge < -0.3 is 4.74 Å². The number of nitrogens with zero attached hydrogens (tertiary/aromatic N) is 2. The van der Waals surface area contributed by atoms with Gasteiger partial charge in [-0.2, -0.15) is 4.31 Å². The van der Waals surface area contributed by atoms with E-state index in [1.165, 1.54) is 43.4 Å². The Morgan fingerprint density at radius 3 is 2.25 bits per heavy atom. The van der Waals surface area contributed by atoms with Crippen molar-refractivity contribution in [3.8, 4) is 5.75 Å². The van der Waals surface area contributed by atoms with Gasteiger partial charge in [0, 0.05) is 25.7 Å². The van der Waals surface area contributed by atoms with Crippen LogP contribution in [0.4, 0.5) is 10.1 Å². The standard InChI is InChI=1S/C15H15FN2O5S/c1-17(10-11-23-14-6-2-12(16)3-7-14)24(21,22)15-8-4-13(5-9-15)18(19)20/h2-9H,10-11H2,1H3. The normalized spacial score (nSPS) is 11.5. The number of hydrogen-bond donors (Lipinski definition) is 0. The largest absolute Gasteiger partial charge is 0.492 e. The van der Waals surface area contributed by atoms with Crippen LogP contribution in [0, 0.1) is 15.9 Å². The quantitative estimate of drug-likeness (QED) is 0.563. The molecule has 0 atom stereocenters. The molecular formula is C15H15FN2O5S. The molecule has 2 aromatic carbocycles. The predicted octanol–water partition coefficient (Wildman–Crippen LogP) is 2.43. The van der Waals surface area contributed by atoms with Crippen LogP contribution in [0.5, 0.6) is 5.75 Å². The van der Waals surface area contributed by atoms with Crippen molar-refractivity contribution in [2.75, 3.05) is 20.2 Å². The number of benzene rings is 2. The molecule has 24 heavy (non-hydrogen) atoms. The van der Waals surface area contributed by atoms with Gasteiger partial charge in [-0.1, -0.05) is 0 Å². The van der Waals surface area contributed by atoms with Gasteiger partial charge in [-0.25, -0.2) is 12.8 Å². The summed E-state index contributed by atoms with van der Waals surface area (Å²) in [6.07, 6.45) is 0. The molecular weight excluding hydrogens is 339 g/mol. The monoisotopic (exact) mass is 354 g/mol. The molecule has 7 nitrogen and oxygen atoms in total. The Balaban J connectivity index is 1.98. The summed E-state index contributed by atoms with van der Waals surface area (Å²) in [7, 11) is -2.39. The summed E-state index contributed by atoms with van der Waals surface area (Å²) in [4.78, 5) is 9.95. The number of nitro benzene ring substituents is 1. The lowest BCUT2D eigenvalue weighted by atomic mass is 10.3. The third kappa shape index (κ3) is 4.27. The van der Waals surface area contributed by atoms with Crippen molar-refractivity contribution >= 4 is 15.7 Å². The highest BCUT2D eigenvalue weighted by atomic mass is 32.2. The van der Waals surface area contributed by atoms with Crippen LogP contribution < -0.4 is 4.74 Å². The Bertz CT molecular complexity index is 807. The van der Waals surface area contributed by atoms with Crippen molar-refractivity contribution in [2.45, 2.75) is 4.90 Å². The molecule has 0 bridgehead atoms. The molecule has 9 heteroatoms. The van der Waals surface area contributed by atoms with Crippen molar-refractivity contribution < 1.29 is 22.5 Å². The number of non-ortho nitro benzene ring substituents is 1. The minimum atomic E-state index is -3.77. The molecule has 0 unspecified atom stereocenters. The van der Waals surface area contributed by atoms with Crippen LogP contribution >= 0.6 is 0 Å². The van der Waals surface area contributed by atoms with E-state index in [-0.39, 0.29) is 29.6 Å². The summed E-state index contributed by atoms with van der Waals surface area (Å²) < 4.78 is 43.9. The highest BCUT2D eigenvalue weighted by Gasteiger charge is 2.21. The first-order valence-electron chi connectivity index (χ1n) is 6.90. The van der Waals surface area contributed by atoms with Gasteiger partial charge in [0.15, 0.2) is 0 Å². The van der Waals surface area contributed by atoms with E-state index >= 15 is 0 Å². The zero-order chi connectivity index (χ0) is 17.7. The lowest BCUT2D eigenvalue weighted by molar-refractivity contribution is -0.384. The molecule has 0 saturated carbocycles. The van der Waals surface area contributed by atoms with E-state index in [2.05, 4.69) is 0 Å². The second-order valence-corrected chi connectivity index (χ2v) is 6.92. The fraction of sp³-hybridized carbons (Fsp3) is 0.200. The Kier molecular flexibility index (Phi) is 5.47. The zero-order valence-electron chi connectivity index (χ0n) is 12.8. The number of hydrogen-bond acceptors (Lipinski definition) is 5. The first-order valence-corrected chi connectivity index (χ1v) is 8.34. The van der Waals surface area contributed by atoms with Crippen LogP contribution in [0.25, 0.3) is 0 Å². The maximum Gasteiger partial charge on any atom is 0.269 e. The lowest BCUT2D eigenvalue weighted by Crippen LogP contribution is -2.31. The van der Waals surface area contributed by atoms with E-state index in [9.17, 15) is 22.9 Å². The second kappa shape index (κ2) is 7.37. The van der Waals surface area contributed by atoms with Gasteiger partial charge in [0.05, 0.1) is 9.82 Å². The van der Waals surface area contributed by atoms with Crippen molar-refractivity contribution in [3.63, 3.8) is 0 Å². The van der Waals surface area contributed by atoms with Crippen LogP contribution in [-0.2, 0) is 10.0 Å². The lowest BCUT2D eigenvalue weighted by Gasteiger charge is -2.17. The van der Waals surface area contributed by atoms with Crippen molar-refractivity contribution in [2.24, 2.45) is 0 Å². The summed E-state index contributed by atoms with van der Waals surface area (Å²) in [5.41, 5.74) is -0.184. The van der Waals surface area contributed by atoms with E-state index < -0.39 is 14.9 Å².